The minimum Gasteiger partial charge on any atom is -0.394 e. The average molecular weight is 253 g/mol. The van der Waals surface area contributed by atoms with Gasteiger partial charge in [0.05, 0.1) is 18.8 Å². The molecular formula is C8H11BF3NO4. The largest absolute Gasteiger partial charge is 0.471 e. The number of amides is 1. The first-order valence-corrected chi connectivity index (χ1v) is 4.72. The Morgan fingerprint density at radius 3 is 2.41 bits per heavy atom. The predicted molar refractivity (Wildman–Crippen MR) is 50.1 cm³/mol. The lowest BCUT2D eigenvalue weighted by Crippen LogP contribution is -2.51. The van der Waals surface area contributed by atoms with Gasteiger partial charge in [-0.1, -0.05) is 0 Å². The zero-order chi connectivity index (χ0) is 13.4. The lowest BCUT2D eigenvalue weighted by Gasteiger charge is -2.29. The molecule has 1 aliphatic rings. The lowest BCUT2D eigenvalue weighted by atomic mass is 9.91. The van der Waals surface area contributed by atoms with Crippen LogP contribution in [0.2, 0.25) is 0 Å². The van der Waals surface area contributed by atoms with Crippen LogP contribution in [0.1, 0.15) is 0 Å². The highest BCUT2D eigenvalue weighted by Gasteiger charge is 2.54. The maximum Gasteiger partial charge on any atom is 0.471 e. The number of carbonyl (C=O) groups excluding carboxylic acids is 1. The van der Waals surface area contributed by atoms with Crippen LogP contribution in [0.3, 0.4) is 0 Å². The van der Waals surface area contributed by atoms with Crippen LogP contribution in [0.5, 0.6) is 0 Å². The van der Waals surface area contributed by atoms with E-state index in [0.29, 0.717) is 0 Å². The summed E-state index contributed by atoms with van der Waals surface area (Å²) < 4.78 is 41.6. The van der Waals surface area contributed by atoms with Crippen LogP contribution in [-0.2, 0) is 9.53 Å². The molecule has 1 heterocycles. The van der Waals surface area contributed by atoms with Crippen molar-refractivity contribution in [1.29, 1.82) is 0 Å². The van der Waals surface area contributed by atoms with Crippen molar-refractivity contribution in [3.05, 3.63) is 0 Å². The number of halogens is 3. The second-order valence-corrected chi connectivity index (χ2v) is 3.64. The molecule has 17 heavy (non-hydrogen) atoms. The molecule has 5 nitrogen and oxygen atoms in total. The minimum atomic E-state index is -5.12. The predicted octanol–water partition coefficient (Wildman–Crippen LogP) is -1.38. The molecule has 0 saturated carbocycles. The van der Waals surface area contributed by atoms with E-state index in [1.165, 1.54) is 0 Å². The van der Waals surface area contributed by atoms with Crippen LogP contribution in [0.15, 0.2) is 0 Å². The van der Waals surface area contributed by atoms with E-state index in [0.717, 1.165) is 7.11 Å². The van der Waals surface area contributed by atoms with Crippen LogP contribution < -0.4 is 0 Å². The number of alkyl halides is 3. The first-order chi connectivity index (χ1) is 7.75. The summed E-state index contributed by atoms with van der Waals surface area (Å²) in [4.78, 5) is 11.3. The highest BCUT2D eigenvalue weighted by Crippen LogP contribution is 2.30. The third-order valence-corrected chi connectivity index (χ3v) is 2.68. The van der Waals surface area contributed by atoms with Crippen molar-refractivity contribution in [2.45, 2.75) is 30.4 Å². The van der Waals surface area contributed by atoms with Crippen LogP contribution in [0.4, 0.5) is 13.2 Å². The summed E-state index contributed by atoms with van der Waals surface area (Å²) in [5, 5.41) is 18.5. The fourth-order valence-corrected chi connectivity index (χ4v) is 1.89. The molecule has 0 aromatic heterocycles. The van der Waals surface area contributed by atoms with Crippen molar-refractivity contribution in [3.63, 3.8) is 0 Å². The monoisotopic (exact) mass is 253 g/mol. The van der Waals surface area contributed by atoms with Crippen molar-refractivity contribution in [2.75, 3.05) is 13.7 Å². The minimum absolute atomic E-state index is 0.207. The number of ether oxygens (including phenoxy) is 1. The molecule has 1 saturated heterocycles. The first kappa shape index (κ1) is 14.3. The van der Waals surface area contributed by atoms with Crippen LogP contribution in [0, 0.1) is 0 Å². The number of methoxy groups -OCH3 is 1. The Kier molecular flexibility index (Phi) is 4.05. The molecule has 4 atom stereocenters. The Morgan fingerprint density at radius 1 is 1.53 bits per heavy atom. The highest BCUT2D eigenvalue weighted by atomic mass is 19.4. The molecule has 0 unspecified atom stereocenters. The molecule has 0 spiro atoms. The molecule has 0 aliphatic carbocycles. The quantitative estimate of drug-likeness (QED) is 0.595. The molecule has 2 N–H and O–H groups in total. The number of rotatable bonds is 2. The number of aliphatic hydroxyl groups is 2. The summed E-state index contributed by atoms with van der Waals surface area (Å²) in [6, 6.07) is -1.32. The van der Waals surface area contributed by atoms with Gasteiger partial charge >= 0.3 is 12.1 Å². The zero-order valence-electron chi connectivity index (χ0n) is 8.89. The van der Waals surface area contributed by atoms with Gasteiger partial charge in [0.15, 0.2) is 0 Å². The van der Waals surface area contributed by atoms with E-state index in [1.54, 1.807) is 0 Å². The number of carbonyl (C=O) groups is 1. The Hall–Kier alpha value is -0.795. The number of likely N-dealkylation sites (tertiary alicyclic amines) is 1. The van der Waals surface area contributed by atoms with E-state index in [-0.39, 0.29) is 4.90 Å². The van der Waals surface area contributed by atoms with E-state index in [2.05, 4.69) is 0 Å². The molecule has 0 aromatic carbocycles. The van der Waals surface area contributed by atoms with Crippen molar-refractivity contribution in [2.24, 2.45) is 0 Å². The molecule has 9 heteroatoms. The maximum absolute atomic E-state index is 12.3. The Morgan fingerprint density at radius 2 is 2.06 bits per heavy atom. The van der Waals surface area contributed by atoms with Gasteiger partial charge in [-0.15, -0.1) is 0 Å². The number of nitrogens with zero attached hydrogens (tertiary/aromatic N) is 1. The van der Waals surface area contributed by atoms with Crippen LogP contribution in [-0.4, -0.2) is 73.0 Å². The van der Waals surface area contributed by atoms with Crippen molar-refractivity contribution < 1.29 is 32.9 Å². The van der Waals surface area contributed by atoms with Gasteiger partial charge in [-0.05, 0) is 0 Å². The Labute approximate surface area is 96.6 Å². The summed E-state index contributed by atoms with van der Waals surface area (Å²) >= 11 is 0. The van der Waals surface area contributed by atoms with Gasteiger partial charge < -0.3 is 19.8 Å². The van der Waals surface area contributed by atoms with E-state index < -0.39 is 42.9 Å². The second-order valence-electron chi connectivity index (χ2n) is 3.64. The summed E-state index contributed by atoms with van der Waals surface area (Å²) in [6.45, 7) is -0.787. The van der Waals surface area contributed by atoms with Gasteiger partial charge in [0.2, 0.25) is 0 Å². The molecule has 1 amide bonds. The Bertz CT molecular complexity index is 301. The molecule has 0 aromatic rings. The first-order valence-electron chi connectivity index (χ1n) is 4.72. The van der Waals surface area contributed by atoms with E-state index in [9.17, 15) is 23.1 Å². The van der Waals surface area contributed by atoms with Crippen molar-refractivity contribution in [3.8, 4) is 0 Å². The number of hydrogen-bond donors (Lipinski definition) is 2. The number of aliphatic hydroxyl groups excluding tert-OH is 2. The standard InChI is InChI=1S/C8H11BF3NO4/c1-17-5-3(2-14)13(6(9)4(5)15)7(16)8(10,11)12/h3-6,14-15H,2H2,1H3/t3-,4-,5-,6-/m1/s1. The maximum atomic E-state index is 12.3. The van der Waals surface area contributed by atoms with Crippen molar-refractivity contribution >= 4 is 13.8 Å². The van der Waals surface area contributed by atoms with E-state index in [1.807, 2.05) is 0 Å². The van der Waals surface area contributed by atoms with Gasteiger partial charge in [0, 0.05) is 13.1 Å². The topological polar surface area (TPSA) is 70.0 Å². The SMILES string of the molecule is [B][C@H]1[C@H](O)[C@H](OC)[C@@H](CO)N1C(=O)C(F)(F)F. The van der Waals surface area contributed by atoms with Gasteiger partial charge in [0.1, 0.15) is 14.0 Å². The summed E-state index contributed by atoms with van der Waals surface area (Å²) in [6.07, 6.45) is -7.75. The second kappa shape index (κ2) is 4.83. The molecule has 2 radical (unpaired) electrons. The summed E-state index contributed by atoms with van der Waals surface area (Å²) in [7, 11) is 6.46. The fraction of sp³-hybridized carbons (Fsp3) is 0.875. The molecule has 1 aliphatic heterocycles. The zero-order valence-corrected chi connectivity index (χ0v) is 8.89. The lowest BCUT2D eigenvalue weighted by molar-refractivity contribution is -0.188. The summed E-state index contributed by atoms with van der Waals surface area (Å²) in [5.41, 5.74) is 0. The summed E-state index contributed by atoms with van der Waals surface area (Å²) in [5.74, 6) is -3.77. The molecule has 96 valence electrons. The third kappa shape index (κ3) is 2.40. The average Bonchev–Trinajstić information content (AvgIpc) is 2.48. The van der Waals surface area contributed by atoms with E-state index >= 15 is 0 Å². The molecule has 1 fully saturated rings. The van der Waals surface area contributed by atoms with Crippen LogP contribution in [0.25, 0.3) is 0 Å². The van der Waals surface area contributed by atoms with Gasteiger partial charge in [-0.2, -0.15) is 13.2 Å². The number of hydrogen-bond acceptors (Lipinski definition) is 4. The van der Waals surface area contributed by atoms with Crippen LogP contribution >= 0.6 is 0 Å². The fourth-order valence-electron chi connectivity index (χ4n) is 1.89. The highest BCUT2D eigenvalue weighted by molar-refractivity contribution is 6.14. The van der Waals surface area contributed by atoms with Gasteiger partial charge in [-0.3, -0.25) is 4.79 Å². The van der Waals surface area contributed by atoms with E-state index in [4.69, 9.17) is 17.7 Å². The Balaban J connectivity index is 3.02. The smallest absolute Gasteiger partial charge is 0.394 e. The van der Waals surface area contributed by atoms with Crippen molar-refractivity contribution in [1.82, 2.24) is 4.90 Å². The molecular weight excluding hydrogens is 242 g/mol. The normalized spacial score (nSPS) is 34.1. The molecule has 0 bridgehead atoms. The third-order valence-electron chi connectivity index (χ3n) is 2.68. The van der Waals surface area contributed by atoms with Gasteiger partial charge in [0.25, 0.3) is 0 Å². The van der Waals surface area contributed by atoms with Gasteiger partial charge in [-0.25, -0.2) is 0 Å². The molecule has 1 rings (SSSR count).